The molecule has 1 aromatic heterocycles. The second-order valence-corrected chi connectivity index (χ2v) is 7.07. The van der Waals surface area contributed by atoms with Gasteiger partial charge < -0.3 is 0 Å². The zero-order valence-electron chi connectivity index (χ0n) is 13.1. The third-order valence-electron chi connectivity index (χ3n) is 3.75. The average Bonchev–Trinajstić information content (AvgIpc) is 2.64. The molecule has 120 valence electrons. The van der Waals surface area contributed by atoms with E-state index in [1.54, 1.807) is 11.6 Å². The molecule has 0 unspecified atom stereocenters. The Morgan fingerprint density at radius 1 is 1.27 bits per heavy atom. The lowest BCUT2D eigenvalue weighted by atomic mass is 10.1. The molecule has 0 saturated heterocycles. The fourth-order valence-corrected chi connectivity index (χ4v) is 3.74. The lowest BCUT2D eigenvalue weighted by Crippen LogP contribution is -2.27. The van der Waals surface area contributed by atoms with Gasteiger partial charge in [0.25, 0.3) is 0 Å². The summed E-state index contributed by atoms with van der Waals surface area (Å²) in [7, 11) is -1.78. The standard InChI is InChI=1S/C15H20FN3O2S/c1-10-9-13(16)5-6-15(10)22(20,21)17-8-7-14-11(2)18-19(4)12(14)3/h5-6,9,17H,7-8H2,1-4H3. The number of benzene rings is 1. The maximum atomic E-state index is 13.1. The van der Waals surface area contributed by atoms with Gasteiger partial charge in [-0.15, -0.1) is 0 Å². The molecule has 2 rings (SSSR count). The van der Waals surface area contributed by atoms with Crippen molar-refractivity contribution in [1.29, 1.82) is 0 Å². The fraction of sp³-hybridized carbons (Fsp3) is 0.400. The molecule has 0 atom stereocenters. The third-order valence-corrected chi connectivity index (χ3v) is 5.37. The number of nitrogens with zero attached hydrogens (tertiary/aromatic N) is 2. The number of nitrogens with one attached hydrogen (secondary N) is 1. The van der Waals surface area contributed by atoms with Gasteiger partial charge in [0.15, 0.2) is 0 Å². The highest BCUT2D eigenvalue weighted by atomic mass is 32.2. The van der Waals surface area contributed by atoms with E-state index in [1.807, 2.05) is 20.9 Å². The van der Waals surface area contributed by atoms with E-state index in [0.717, 1.165) is 23.0 Å². The van der Waals surface area contributed by atoms with Gasteiger partial charge in [-0.1, -0.05) is 0 Å². The highest BCUT2D eigenvalue weighted by Crippen LogP contribution is 2.16. The summed E-state index contributed by atoms with van der Waals surface area (Å²) in [6.45, 7) is 5.70. The Bertz CT molecular complexity index is 797. The molecule has 1 heterocycles. The van der Waals surface area contributed by atoms with Crippen molar-refractivity contribution < 1.29 is 12.8 Å². The van der Waals surface area contributed by atoms with E-state index in [0.29, 0.717) is 12.0 Å². The van der Waals surface area contributed by atoms with Crippen LogP contribution in [0.4, 0.5) is 4.39 Å². The van der Waals surface area contributed by atoms with Gasteiger partial charge >= 0.3 is 0 Å². The van der Waals surface area contributed by atoms with E-state index in [1.165, 1.54) is 12.1 Å². The minimum absolute atomic E-state index is 0.105. The first kappa shape index (κ1) is 16.6. The summed E-state index contributed by atoms with van der Waals surface area (Å²) < 4.78 is 42.0. The Morgan fingerprint density at radius 2 is 1.95 bits per heavy atom. The number of sulfonamides is 1. The molecule has 1 N–H and O–H groups in total. The zero-order valence-corrected chi connectivity index (χ0v) is 14.0. The van der Waals surface area contributed by atoms with Crippen LogP contribution in [0.15, 0.2) is 23.1 Å². The van der Waals surface area contributed by atoms with Crippen molar-refractivity contribution in [2.45, 2.75) is 32.1 Å². The zero-order chi connectivity index (χ0) is 16.5. The molecular weight excluding hydrogens is 305 g/mol. The molecule has 0 radical (unpaired) electrons. The maximum Gasteiger partial charge on any atom is 0.240 e. The van der Waals surface area contributed by atoms with Crippen LogP contribution in [-0.2, 0) is 23.5 Å². The Hall–Kier alpha value is -1.73. The number of hydrogen-bond acceptors (Lipinski definition) is 3. The van der Waals surface area contributed by atoms with Gasteiger partial charge in [0.2, 0.25) is 10.0 Å². The van der Waals surface area contributed by atoms with Crippen molar-refractivity contribution in [3.05, 3.63) is 46.5 Å². The molecule has 0 bridgehead atoms. The van der Waals surface area contributed by atoms with Crippen LogP contribution in [0.2, 0.25) is 0 Å². The molecule has 0 aliphatic carbocycles. The van der Waals surface area contributed by atoms with Gasteiger partial charge in [0, 0.05) is 19.3 Å². The first-order valence-electron chi connectivity index (χ1n) is 6.97. The third kappa shape index (κ3) is 3.36. The number of rotatable bonds is 5. The second-order valence-electron chi connectivity index (χ2n) is 5.33. The monoisotopic (exact) mass is 325 g/mol. The number of halogens is 1. The molecule has 22 heavy (non-hydrogen) atoms. The number of aryl methyl sites for hydroxylation is 3. The normalized spacial score (nSPS) is 11.9. The van der Waals surface area contributed by atoms with E-state index in [-0.39, 0.29) is 11.4 Å². The van der Waals surface area contributed by atoms with Crippen LogP contribution in [0.5, 0.6) is 0 Å². The van der Waals surface area contributed by atoms with E-state index in [2.05, 4.69) is 9.82 Å². The second kappa shape index (κ2) is 6.18. The largest absolute Gasteiger partial charge is 0.272 e. The van der Waals surface area contributed by atoms with E-state index >= 15 is 0 Å². The van der Waals surface area contributed by atoms with Gasteiger partial charge in [-0.25, -0.2) is 17.5 Å². The maximum absolute atomic E-state index is 13.1. The van der Waals surface area contributed by atoms with Crippen molar-refractivity contribution in [3.8, 4) is 0 Å². The van der Waals surface area contributed by atoms with Crippen molar-refractivity contribution in [2.75, 3.05) is 6.54 Å². The van der Waals surface area contributed by atoms with Crippen LogP contribution < -0.4 is 4.72 Å². The van der Waals surface area contributed by atoms with Crippen molar-refractivity contribution in [2.24, 2.45) is 7.05 Å². The highest BCUT2D eigenvalue weighted by molar-refractivity contribution is 7.89. The van der Waals surface area contributed by atoms with Crippen LogP contribution >= 0.6 is 0 Å². The van der Waals surface area contributed by atoms with Crippen molar-refractivity contribution in [3.63, 3.8) is 0 Å². The molecule has 5 nitrogen and oxygen atoms in total. The first-order valence-corrected chi connectivity index (χ1v) is 8.45. The molecule has 0 spiro atoms. The van der Waals surface area contributed by atoms with Gasteiger partial charge in [-0.3, -0.25) is 4.68 Å². The van der Waals surface area contributed by atoms with E-state index in [4.69, 9.17) is 0 Å². The molecular formula is C15H20FN3O2S. The molecule has 0 aliphatic rings. The lowest BCUT2D eigenvalue weighted by molar-refractivity contribution is 0.579. The SMILES string of the molecule is Cc1cc(F)ccc1S(=O)(=O)NCCc1c(C)nn(C)c1C. The summed E-state index contributed by atoms with van der Waals surface area (Å²) in [4.78, 5) is 0.105. The summed E-state index contributed by atoms with van der Waals surface area (Å²) in [5.41, 5.74) is 3.36. The molecule has 1 aromatic carbocycles. The Balaban J connectivity index is 2.10. The summed E-state index contributed by atoms with van der Waals surface area (Å²) in [5.74, 6) is -0.446. The number of hydrogen-bond donors (Lipinski definition) is 1. The quantitative estimate of drug-likeness (QED) is 0.914. The minimum Gasteiger partial charge on any atom is -0.272 e. The van der Waals surface area contributed by atoms with Crippen molar-refractivity contribution in [1.82, 2.24) is 14.5 Å². The van der Waals surface area contributed by atoms with Crippen LogP contribution in [-0.4, -0.2) is 24.7 Å². The van der Waals surface area contributed by atoms with Gasteiger partial charge in [0.1, 0.15) is 5.82 Å². The summed E-state index contributed by atoms with van der Waals surface area (Å²) in [5, 5.41) is 4.31. The van der Waals surface area contributed by atoms with Crippen LogP contribution in [0, 0.1) is 26.6 Å². The molecule has 2 aromatic rings. The van der Waals surface area contributed by atoms with Gasteiger partial charge in [0.05, 0.1) is 10.6 Å². The van der Waals surface area contributed by atoms with Crippen LogP contribution in [0.1, 0.15) is 22.5 Å². The van der Waals surface area contributed by atoms with Crippen molar-refractivity contribution >= 4 is 10.0 Å². The molecule has 0 fully saturated rings. The van der Waals surface area contributed by atoms with E-state index < -0.39 is 15.8 Å². The predicted octanol–water partition coefficient (Wildman–Crippen LogP) is 2.01. The van der Waals surface area contributed by atoms with Crippen LogP contribution in [0.25, 0.3) is 0 Å². The summed E-state index contributed by atoms with van der Waals surface area (Å²) in [6, 6.07) is 3.65. The Kier molecular flexibility index (Phi) is 4.67. The molecule has 7 heteroatoms. The van der Waals surface area contributed by atoms with Gasteiger partial charge in [-0.2, -0.15) is 5.10 Å². The topological polar surface area (TPSA) is 64.0 Å². The fourth-order valence-electron chi connectivity index (χ4n) is 2.48. The summed E-state index contributed by atoms with van der Waals surface area (Å²) >= 11 is 0. The molecule has 0 saturated carbocycles. The van der Waals surface area contributed by atoms with E-state index in [9.17, 15) is 12.8 Å². The lowest BCUT2D eigenvalue weighted by Gasteiger charge is -2.09. The minimum atomic E-state index is -3.64. The highest BCUT2D eigenvalue weighted by Gasteiger charge is 2.17. The Morgan fingerprint density at radius 3 is 2.50 bits per heavy atom. The molecule has 0 aliphatic heterocycles. The van der Waals surface area contributed by atoms with Gasteiger partial charge in [-0.05, 0) is 56.5 Å². The smallest absolute Gasteiger partial charge is 0.240 e. The Labute approximate surface area is 130 Å². The predicted molar refractivity (Wildman–Crippen MR) is 82.7 cm³/mol. The average molecular weight is 325 g/mol. The molecule has 0 amide bonds. The first-order chi connectivity index (χ1) is 10.2. The van der Waals surface area contributed by atoms with Crippen LogP contribution in [0.3, 0.4) is 0 Å². The number of aromatic nitrogens is 2. The summed E-state index contributed by atoms with van der Waals surface area (Å²) in [6.07, 6.45) is 0.560.